The first-order valence-electron chi connectivity index (χ1n) is 10.6. The Bertz CT molecular complexity index is 1410. The van der Waals surface area contributed by atoms with Gasteiger partial charge in [0, 0.05) is 33.9 Å². The van der Waals surface area contributed by atoms with E-state index in [1.807, 2.05) is 30.5 Å². The van der Waals surface area contributed by atoms with Crippen molar-refractivity contribution in [3.63, 3.8) is 0 Å². The predicted octanol–water partition coefficient (Wildman–Crippen LogP) is 5.58. The fourth-order valence-electron chi connectivity index (χ4n) is 3.82. The number of ketones is 1. The number of carboxylic acid groups (broad SMARTS) is 1. The lowest BCUT2D eigenvalue weighted by atomic mass is 10.0. The predicted molar refractivity (Wildman–Crippen MR) is 127 cm³/mol. The highest BCUT2D eigenvalue weighted by atomic mass is 35.5. The number of aromatic nitrogens is 2. The van der Waals surface area contributed by atoms with Crippen LogP contribution in [0, 0.1) is 19.7 Å². The number of hydrogen-bond donors (Lipinski definition) is 1. The Morgan fingerprint density at radius 1 is 1.12 bits per heavy atom. The van der Waals surface area contributed by atoms with E-state index in [0.717, 1.165) is 5.69 Å². The van der Waals surface area contributed by atoms with Crippen molar-refractivity contribution < 1.29 is 23.8 Å². The van der Waals surface area contributed by atoms with Gasteiger partial charge in [0.2, 0.25) is 0 Å². The van der Waals surface area contributed by atoms with Crippen molar-refractivity contribution in [2.75, 3.05) is 0 Å². The number of carboxylic acids is 1. The lowest BCUT2D eigenvalue weighted by Gasteiger charge is -2.14. The maximum Gasteiger partial charge on any atom is 0.344 e. The number of aryl methyl sites for hydroxylation is 1. The Balaban J connectivity index is 1.79. The number of halogens is 2. The zero-order valence-corrected chi connectivity index (χ0v) is 19.6. The number of pyridine rings is 1. The fourth-order valence-corrected chi connectivity index (χ4v) is 3.94. The Morgan fingerprint density at radius 2 is 1.82 bits per heavy atom. The number of benzene rings is 2. The molecule has 174 valence electrons. The number of carbonyl (C=O) groups is 2. The second-order valence-corrected chi connectivity index (χ2v) is 8.51. The molecule has 2 aromatic carbocycles. The van der Waals surface area contributed by atoms with E-state index in [1.165, 1.54) is 19.1 Å². The summed E-state index contributed by atoms with van der Waals surface area (Å²) in [4.78, 5) is 29.2. The summed E-state index contributed by atoms with van der Waals surface area (Å²) in [6.45, 7) is 5.32. The molecule has 0 aliphatic rings. The molecule has 0 saturated heterocycles. The van der Waals surface area contributed by atoms with Gasteiger partial charge in [-0.05, 0) is 74.9 Å². The third-order valence-electron chi connectivity index (χ3n) is 5.63. The molecule has 1 atom stereocenters. The molecule has 0 bridgehead atoms. The van der Waals surface area contributed by atoms with Crippen LogP contribution in [0.1, 0.15) is 39.8 Å². The van der Waals surface area contributed by atoms with Gasteiger partial charge in [-0.2, -0.15) is 0 Å². The van der Waals surface area contributed by atoms with Gasteiger partial charge in [0.25, 0.3) is 0 Å². The van der Waals surface area contributed by atoms with Crippen molar-refractivity contribution >= 4 is 34.4 Å². The van der Waals surface area contributed by atoms with Crippen molar-refractivity contribution in [2.45, 2.75) is 33.4 Å². The first-order valence-corrected chi connectivity index (χ1v) is 11.0. The quantitative estimate of drug-likeness (QED) is 0.349. The van der Waals surface area contributed by atoms with Gasteiger partial charge in [-0.15, -0.1) is 0 Å². The number of nitrogens with zero attached hydrogens (tertiary/aromatic N) is 2. The van der Waals surface area contributed by atoms with Crippen LogP contribution >= 0.6 is 11.6 Å². The van der Waals surface area contributed by atoms with E-state index in [9.17, 15) is 14.0 Å². The zero-order valence-electron chi connectivity index (χ0n) is 18.8. The van der Waals surface area contributed by atoms with E-state index in [2.05, 4.69) is 4.98 Å². The van der Waals surface area contributed by atoms with E-state index < -0.39 is 17.9 Å². The molecule has 4 aromatic rings. The van der Waals surface area contributed by atoms with Crippen LogP contribution in [-0.4, -0.2) is 32.5 Å². The minimum atomic E-state index is -1.20. The van der Waals surface area contributed by atoms with E-state index in [1.54, 1.807) is 30.3 Å². The van der Waals surface area contributed by atoms with Crippen LogP contribution in [0.25, 0.3) is 11.0 Å². The SMILES string of the molecule is Cc1ccc2c(C(=O)c3ccc(Cl)cc3)c(C)n(Cc3ccc(F)c(O[C@H](C)C(=O)O)c3)c2n1. The summed E-state index contributed by atoms with van der Waals surface area (Å²) in [6.07, 6.45) is -1.20. The summed E-state index contributed by atoms with van der Waals surface area (Å²) in [5, 5.41) is 10.3. The minimum Gasteiger partial charge on any atom is -0.479 e. The summed E-state index contributed by atoms with van der Waals surface area (Å²) >= 11 is 5.98. The van der Waals surface area contributed by atoms with Gasteiger partial charge in [0.1, 0.15) is 5.65 Å². The molecule has 4 rings (SSSR count). The molecular formula is C26H22ClFN2O4. The zero-order chi connectivity index (χ0) is 24.6. The number of rotatable bonds is 7. The highest BCUT2D eigenvalue weighted by molar-refractivity contribution is 6.30. The molecule has 2 heterocycles. The number of aliphatic carboxylic acids is 1. The summed E-state index contributed by atoms with van der Waals surface area (Å²) < 4.78 is 21.4. The molecule has 1 N–H and O–H groups in total. The lowest BCUT2D eigenvalue weighted by Crippen LogP contribution is -2.23. The van der Waals surface area contributed by atoms with E-state index in [0.29, 0.717) is 38.4 Å². The Morgan fingerprint density at radius 3 is 2.50 bits per heavy atom. The van der Waals surface area contributed by atoms with Crippen LogP contribution in [0.2, 0.25) is 5.02 Å². The summed E-state index contributed by atoms with van der Waals surface area (Å²) in [5.74, 6) is -2.15. The Kier molecular flexibility index (Phi) is 6.39. The van der Waals surface area contributed by atoms with Gasteiger partial charge in [0.05, 0.1) is 5.56 Å². The summed E-state index contributed by atoms with van der Waals surface area (Å²) in [7, 11) is 0. The van der Waals surface area contributed by atoms with Gasteiger partial charge in [-0.1, -0.05) is 17.7 Å². The van der Waals surface area contributed by atoms with E-state index in [4.69, 9.17) is 21.4 Å². The molecule has 0 fully saturated rings. The minimum absolute atomic E-state index is 0.150. The number of hydrogen-bond acceptors (Lipinski definition) is 4. The summed E-state index contributed by atoms with van der Waals surface area (Å²) in [5.41, 5.74) is 3.83. The van der Waals surface area contributed by atoms with Gasteiger partial charge in [-0.25, -0.2) is 14.2 Å². The second kappa shape index (κ2) is 9.27. The van der Waals surface area contributed by atoms with Crippen LogP contribution in [0.4, 0.5) is 4.39 Å². The molecular weight excluding hydrogens is 459 g/mol. The van der Waals surface area contributed by atoms with Crippen LogP contribution in [0.5, 0.6) is 5.75 Å². The molecule has 2 aromatic heterocycles. The lowest BCUT2D eigenvalue weighted by molar-refractivity contribution is -0.144. The summed E-state index contributed by atoms with van der Waals surface area (Å²) in [6, 6.07) is 14.7. The third kappa shape index (κ3) is 4.52. The van der Waals surface area contributed by atoms with Crippen LogP contribution < -0.4 is 4.74 Å². The highest BCUT2D eigenvalue weighted by Crippen LogP contribution is 2.29. The molecule has 8 heteroatoms. The normalized spacial score (nSPS) is 12.0. The first kappa shape index (κ1) is 23.4. The standard InChI is InChI=1S/C26H22ClFN2O4/c1-14-4-10-20-23(24(31)18-6-8-19(27)9-7-18)15(2)30(25(20)29-14)13-17-5-11-21(28)22(12-17)34-16(3)26(32)33/h4-12,16H,13H2,1-3H3,(H,32,33)/t16-/m1/s1. The molecule has 34 heavy (non-hydrogen) atoms. The van der Waals surface area contributed by atoms with Crippen LogP contribution in [-0.2, 0) is 11.3 Å². The third-order valence-corrected chi connectivity index (χ3v) is 5.88. The average molecular weight is 481 g/mol. The van der Waals surface area contributed by atoms with Crippen LogP contribution in [0.3, 0.4) is 0 Å². The average Bonchev–Trinajstić information content (AvgIpc) is 3.06. The molecule has 0 aliphatic heterocycles. The number of ether oxygens (including phenoxy) is 1. The largest absolute Gasteiger partial charge is 0.479 e. The Labute approximate surface area is 200 Å². The first-order chi connectivity index (χ1) is 16.2. The smallest absolute Gasteiger partial charge is 0.344 e. The molecule has 0 spiro atoms. The Hall–Kier alpha value is -3.71. The van der Waals surface area contributed by atoms with Crippen LogP contribution in [0.15, 0.2) is 54.6 Å². The van der Waals surface area contributed by atoms with E-state index >= 15 is 0 Å². The van der Waals surface area contributed by atoms with Crippen molar-refractivity contribution in [1.29, 1.82) is 0 Å². The van der Waals surface area contributed by atoms with Gasteiger partial charge < -0.3 is 14.4 Å². The second-order valence-electron chi connectivity index (χ2n) is 8.07. The molecule has 0 amide bonds. The van der Waals surface area contributed by atoms with Crippen molar-refractivity contribution in [1.82, 2.24) is 9.55 Å². The van der Waals surface area contributed by atoms with Gasteiger partial charge in [-0.3, -0.25) is 4.79 Å². The number of fused-ring (bicyclic) bond motifs is 1. The molecule has 0 radical (unpaired) electrons. The monoisotopic (exact) mass is 480 g/mol. The maximum absolute atomic E-state index is 14.3. The van der Waals surface area contributed by atoms with Crippen molar-refractivity contribution in [3.8, 4) is 5.75 Å². The molecule has 6 nitrogen and oxygen atoms in total. The molecule has 0 saturated carbocycles. The fraction of sp³-hybridized carbons (Fsp3) is 0.192. The number of carbonyl (C=O) groups excluding carboxylic acids is 1. The van der Waals surface area contributed by atoms with E-state index in [-0.39, 0.29) is 18.1 Å². The maximum atomic E-state index is 14.3. The topological polar surface area (TPSA) is 81.4 Å². The van der Waals surface area contributed by atoms with Gasteiger partial charge >= 0.3 is 5.97 Å². The molecule has 0 unspecified atom stereocenters. The van der Waals surface area contributed by atoms with Gasteiger partial charge in [0.15, 0.2) is 23.5 Å². The van der Waals surface area contributed by atoms with Crippen molar-refractivity contribution in [2.24, 2.45) is 0 Å². The highest BCUT2D eigenvalue weighted by Gasteiger charge is 2.23. The van der Waals surface area contributed by atoms with Crippen molar-refractivity contribution in [3.05, 3.63) is 93.5 Å². The molecule has 0 aliphatic carbocycles.